The molecule has 0 bridgehead atoms. The second-order valence-corrected chi connectivity index (χ2v) is 15.1. The Hall–Kier alpha value is -7.85. The second kappa shape index (κ2) is 15.6. The first-order valence-corrected chi connectivity index (χ1v) is 20.0. The van der Waals surface area contributed by atoms with Crippen molar-refractivity contribution in [1.82, 2.24) is 19.5 Å². The van der Waals surface area contributed by atoms with Crippen LogP contribution in [0.25, 0.3) is 95.0 Å². The summed E-state index contributed by atoms with van der Waals surface area (Å²) < 4.78 is 89.4. The lowest BCUT2D eigenvalue weighted by Gasteiger charge is -2.22. The van der Waals surface area contributed by atoms with Crippen LogP contribution in [0.1, 0.15) is 11.1 Å². The number of para-hydroxylation sites is 1. The number of aromatic nitrogens is 4. The van der Waals surface area contributed by atoms with Crippen LogP contribution in [-0.4, -0.2) is 19.5 Å². The van der Waals surface area contributed by atoms with Crippen molar-refractivity contribution in [3.63, 3.8) is 0 Å². The van der Waals surface area contributed by atoms with Crippen LogP contribution in [0.2, 0.25) is 0 Å². The molecule has 0 unspecified atom stereocenters. The summed E-state index contributed by atoms with van der Waals surface area (Å²) in [6.07, 6.45) is -9.39. The van der Waals surface area contributed by atoms with Crippen molar-refractivity contribution >= 4 is 21.8 Å². The maximum absolute atomic E-state index is 14.6. The Morgan fingerprint density at radius 2 is 0.746 bits per heavy atom. The molecule has 4 nitrogen and oxygen atoms in total. The van der Waals surface area contributed by atoms with Gasteiger partial charge in [-0.15, -0.1) is 0 Å². The van der Waals surface area contributed by atoms with Gasteiger partial charge in [-0.1, -0.05) is 140 Å². The second-order valence-electron chi connectivity index (χ2n) is 15.1. The van der Waals surface area contributed by atoms with E-state index < -0.39 is 23.5 Å². The third-order valence-corrected chi connectivity index (χ3v) is 11.1. The summed E-state index contributed by atoms with van der Waals surface area (Å²) >= 11 is 0. The average Bonchev–Trinajstić information content (AvgIpc) is 3.64. The van der Waals surface area contributed by atoms with Crippen molar-refractivity contribution in [2.75, 3.05) is 0 Å². The van der Waals surface area contributed by atoms with Crippen LogP contribution in [0.5, 0.6) is 0 Å². The summed E-state index contributed by atoms with van der Waals surface area (Å²) in [5.74, 6) is 0.841. The van der Waals surface area contributed by atoms with E-state index in [9.17, 15) is 26.3 Å². The van der Waals surface area contributed by atoms with Gasteiger partial charge in [-0.2, -0.15) is 26.3 Å². The minimum absolute atomic E-state index is 0.172. The van der Waals surface area contributed by atoms with E-state index in [-0.39, 0.29) is 17.0 Å². The molecule has 0 radical (unpaired) electrons. The lowest BCUT2D eigenvalue weighted by atomic mass is 9.91. The SMILES string of the molecule is FC(F)(F)c1cccc(-c2cc(-c3nc(-c4ccccc4)nc(-c4ccccc4)n3)cc(-c3cccc(C(F)(F)F)c3)c2-n2c3ccccc3c3cc(-c4ccccc4)ccc32)c1. The molecule has 0 aliphatic heterocycles. The highest BCUT2D eigenvalue weighted by Crippen LogP contribution is 2.46. The third-order valence-electron chi connectivity index (χ3n) is 11.1. The minimum atomic E-state index is -4.69. The van der Waals surface area contributed by atoms with Gasteiger partial charge in [-0.05, 0) is 76.9 Å². The first kappa shape index (κ1) is 39.3. The van der Waals surface area contributed by atoms with E-state index in [1.807, 2.05) is 132 Å². The summed E-state index contributed by atoms with van der Waals surface area (Å²) in [5, 5.41) is 1.69. The highest BCUT2D eigenvalue weighted by Gasteiger charge is 2.33. The molecule has 0 saturated heterocycles. The van der Waals surface area contributed by atoms with Crippen molar-refractivity contribution in [3.05, 3.63) is 205 Å². The molecule has 63 heavy (non-hydrogen) atoms. The monoisotopic (exact) mass is 838 g/mol. The number of hydrogen-bond donors (Lipinski definition) is 0. The van der Waals surface area contributed by atoms with Crippen molar-refractivity contribution in [1.29, 1.82) is 0 Å². The van der Waals surface area contributed by atoms with Gasteiger partial charge in [-0.25, -0.2) is 15.0 Å². The Balaban J connectivity index is 1.35. The van der Waals surface area contributed by atoms with Crippen LogP contribution in [0.3, 0.4) is 0 Å². The zero-order chi connectivity index (χ0) is 43.3. The molecule has 0 fully saturated rings. The van der Waals surface area contributed by atoms with Crippen LogP contribution < -0.4 is 0 Å². The third kappa shape index (κ3) is 7.50. The quantitative estimate of drug-likeness (QED) is 0.150. The summed E-state index contributed by atoms with van der Waals surface area (Å²) in [6.45, 7) is 0. The predicted molar refractivity (Wildman–Crippen MR) is 237 cm³/mol. The van der Waals surface area contributed by atoms with Crippen molar-refractivity contribution in [2.45, 2.75) is 12.4 Å². The minimum Gasteiger partial charge on any atom is -0.308 e. The molecule has 0 saturated carbocycles. The summed E-state index contributed by atoms with van der Waals surface area (Å²) in [4.78, 5) is 14.7. The van der Waals surface area contributed by atoms with E-state index in [4.69, 9.17) is 15.0 Å². The van der Waals surface area contributed by atoms with E-state index in [0.717, 1.165) is 46.2 Å². The van der Waals surface area contributed by atoms with Crippen LogP contribution in [-0.2, 0) is 12.4 Å². The van der Waals surface area contributed by atoms with Gasteiger partial charge >= 0.3 is 12.4 Å². The van der Waals surface area contributed by atoms with Gasteiger partial charge in [0.05, 0.1) is 27.8 Å². The molecule has 0 N–H and O–H groups in total. The lowest BCUT2D eigenvalue weighted by molar-refractivity contribution is -0.138. The number of hydrogen-bond acceptors (Lipinski definition) is 3. The van der Waals surface area contributed by atoms with Crippen LogP contribution >= 0.6 is 0 Å². The largest absolute Gasteiger partial charge is 0.416 e. The fourth-order valence-electron chi connectivity index (χ4n) is 8.13. The van der Waals surface area contributed by atoms with E-state index in [1.54, 1.807) is 24.3 Å². The molecule has 0 aliphatic carbocycles. The van der Waals surface area contributed by atoms with Crippen LogP contribution in [0.4, 0.5) is 26.3 Å². The number of benzene rings is 8. The number of nitrogens with zero attached hydrogens (tertiary/aromatic N) is 4. The van der Waals surface area contributed by atoms with Gasteiger partial charge in [-0.3, -0.25) is 0 Å². The Morgan fingerprint density at radius 1 is 0.317 bits per heavy atom. The topological polar surface area (TPSA) is 43.6 Å². The predicted octanol–water partition coefficient (Wildman–Crippen LogP) is 15.0. The van der Waals surface area contributed by atoms with Crippen LogP contribution in [0, 0.1) is 0 Å². The Labute approximate surface area is 357 Å². The van der Waals surface area contributed by atoms with E-state index in [1.165, 1.54) is 12.1 Å². The Bertz CT molecular complexity index is 3170. The van der Waals surface area contributed by atoms with Gasteiger partial charge in [0.25, 0.3) is 0 Å². The standard InChI is InChI=1S/C53H32F6N4/c54-52(55,56)40-22-12-20-37(28-40)43-31-39(51-61-49(34-16-6-2-7-17-34)60-50(62-51)35-18-8-3-9-19-35)32-44(38-21-13-23-41(29-38)53(57,58)59)48(43)63-46-25-11-10-24-42(46)45-30-36(26-27-47(45)63)33-14-4-1-5-15-33/h1-32H. The van der Waals surface area contributed by atoms with E-state index >= 15 is 0 Å². The fraction of sp³-hybridized carbons (Fsp3) is 0.0377. The van der Waals surface area contributed by atoms with Gasteiger partial charge in [0, 0.05) is 38.6 Å². The lowest BCUT2D eigenvalue weighted by Crippen LogP contribution is -2.07. The van der Waals surface area contributed by atoms with Gasteiger partial charge in [0.15, 0.2) is 17.5 Å². The first-order valence-electron chi connectivity index (χ1n) is 20.0. The summed E-state index contributed by atoms with van der Waals surface area (Å²) in [5.41, 5.74) is 4.63. The van der Waals surface area contributed by atoms with E-state index in [0.29, 0.717) is 56.2 Å². The highest BCUT2D eigenvalue weighted by molar-refractivity contribution is 6.12. The normalized spacial score (nSPS) is 12.0. The molecule has 2 heterocycles. The average molecular weight is 839 g/mol. The smallest absolute Gasteiger partial charge is 0.308 e. The highest BCUT2D eigenvalue weighted by atomic mass is 19.4. The molecule has 8 aromatic carbocycles. The fourth-order valence-corrected chi connectivity index (χ4v) is 8.13. The summed E-state index contributed by atoms with van der Waals surface area (Å²) in [7, 11) is 0. The maximum Gasteiger partial charge on any atom is 0.416 e. The Morgan fingerprint density at radius 3 is 1.25 bits per heavy atom. The van der Waals surface area contributed by atoms with Crippen molar-refractivity contribution in [3.8, 4) is 73.2 Å². The van der Waals surface area contributed by atoms with Crippen molar-refractivity contribution in [2.24, 2.45) is 0 Å². The zero-order valence-corrected chi connectivity index (χ0v) is 33.0. The molecule has 0 aliphatic rings. The number of halogens is 6. The number of rotatable bonds is 7. The van der Waals surface area contributed by atoms with Gasteiger partial charge < -0.3 is 4.57 Å². The zero-order valence-electron chi connectivity index (χ0n) is 33.0. The number of alkyl halides is 6. The number of fused-ring (bicyclic) bond motifs is 3. The molecule has 0 amide bonds. The molecule has 10 rings (SSSR count). The molecule has 306 valence electrons. The van der Waals surface area contributed by atoms with Crippen molar-refractivity contribution < 1.29 is 26.3 Å². The molecular formula is C53H32F6N4. The maximum atomic E-state index is 14.6. The summed E-state index contributed by atoms with van der Waals surface area (Å²) in [6, 6.07) is 55.4. The van der Waals surface area contributed by atoms with Gasteiger partial charge in [0.1, 0.15) is 0 Å². The molecule has 0 spiro atoms. The molecule has 2 aromatic heterocycles. The first-order chi connectivity index (χ1) is 30.5. The molecule has 10 aromatic rings. The molecule has 10 heteroatoms. The van der Waals surface area contributed by atoms with Crippen LogP contribution in [0.15, 0.2) is 194 Å². The van der Waals surface area contributed by atoms with Gasteiger partial charge in [0.2, 0.25) is 0 Å². The molecular weight excluding hydrogens is 807 g/mol. The van der Waals surface area contributed by atoms with E-state index in [2.05, 4.69) is 6.07 Å². The Kier molecular flexibility index (Phi) is 9.71. The molecule has 0 atom stereocenters.